The number of carbonyl (C=O) groups excluding carboxylic acids is 1. The van der Waals surface area contributed by atoms with Crippen LogP contribution in [0.5, 0.6) is 0 Å². The Morgan fingerprint density at radius 3 is 2.57 bits per heavy atom. The lowest BCUT2D eigenvalue weighted by Gasteiger charge is -1.90. The van der Waals surface area contributed by atoms with Crippen LogP contribution in [0.15, 0.2) is 0 Å². The molecule has 0 saturated heterocycles. The molecule has 2 N–H and O–H groups in total. The van der Waals surface area contributed by atoms with Gasteiger partial charge in [0.1, 0.15) is 0 Å². The summed E-state index contributed by atoms with van der Waals surface area (Å²) in [5, 5.41) is 0. The van der Waals surface area contributed by atoms with E-state index in [0.29, 0.717) is 13.0 Å². The Balaban J connectivity index is 2.82. The predicted octanol–water partition coefficient (Wildman–Crippen LogP) is -1.57. The smallest absolute Gasteiger partial charge is 0.257 e. The fourth-order valence-electron chi connectivity index (χ4n) is 0.203. The van der Waals surface area contributed by atoms with Crippen molar-refractivity contribution in [2.75, 3.05) is 6.61 Å². The minimum Gasteiger partial charge on any atom is -0.443 e. The zero-order chi connectivity index (χ0) is 5.70. The molecule has 0 aromatic rings. The SMILES string of the molecule is BOCCC(N)=O. The zero-order valence-electron chi connectivity index (χ0n) is 4.31. The third-order valence-corrected chi connectivity index (χ3v) is 0.553. The summed E-state index contributed by atoms with van der Waals surface area (Å²) in [6.45, 7) is 0.426. The lowest BCUT2D eigenvalue weighted by Crippen LogP contribution is -2.12. The predicted molar refractivity (Wildman–Crippen MR) is 28.3 cm³/mol. The quantitative estimate of drug-likeness (QED) is 0.436. The maximum Gasteiger partial charge on any atom is 0.257 e. The van der Waals surface area contributed by atoms with Gasteiger partial charge in [-0.25, -0.2) is 0 Å². The standard InChI is InChI=1S/C3H8BNO2/c4-7-2-1-3(5)6/h1-2,4H2,(H2,5,6). The number of hydrogen-bond donors (Lipinski definition) is 1. The van der Waals surface area contributed by atoms with Gasteiger partial charge in [0.05, 0.1) is 0 Å². The molecule has 0 radical (unpaired) electrons. The lowest BCUT2D eigenvalue weighted by molar-refractivity contribution is -0.118. The number of nitrogens with two attached hydrogens (primary N) is 1. The average molecular weight is 101 g/mol. The normalized spacial score (nSPS) is 8.57. The van der Waals surface area contributed by atoms with Gasteiger partial charge in [0.2, 0.25) is 5.91 Å². The molecule has 0 aliphatic carbocycles. The molecule has 0 heterocycles. The summed E-state index contributed by atoms with van der Waals surface area (Å²) in [7, 11) is 1.53. The monoisotopic (exact) mass is 101 g/mol. The number of primary amides is 1. The summed E-state index contributed by atoms with van der Waals surface area (Å²) in [5.41, 5.74) is 4.76. The molecule has 0 unspecified atom stereocenters. The van der Waals surface area contributed by atoms with E-state index in [2.05, 4.69) is 4.65 Å². The number of carbonyl (C=O) groups is 1. The van der Waals surface area contributed by atoms with E-state index < -0.39 is 0 Å². The van der Waals surface area contributed by atoms with E-state index in [0.717, 1.165) is 0 Å². The van der Waals surface area contributed by atoms with Gasteiger partial charge in [-0.3, -0.25) is 4.79 Å². The molecule has 0 atom stereocenters. The van der Waals surface area contributed by atoms with Crippen LogP contribution in [0.25, 0.3) is 0 Å². The van der Waals surface area contributed by atoms with Gasteiger partial charge in [-0.1, -0.05) is 0 Å². The second-order valence-electron chi connectivity index (χ2n) is 1.21. The van der Waals surface area contributed by atoms with Crippen LogP contribution >= 0.6 is 0 Å². The van der Waals surface area contributed by atoms with E-state index in [1.54, 1.807) is 0 Å². The van der Waals surface area contributed by atoms with E-state index >= 15 is 0 Å². The van der Waals surface area contributed by atoms with Crippen molar-refractivity contribution in [2.45, 2.75) is 6.42 Å². The van der Waals surface area contributed by atoms with Crippen LogP contribution in [0.3, 0.4) is 0 Å². The van der Waals surface area contributed by atoms with Crippen molar-refractivity contribution < 1.29 is 9.45 Å². The summed E-state index contributed by atoms with van der Waals surface area (Å²) >= 11 is 0. The van der Waals surface area contributed by atoms with Crippen molar-refractivity contribution >= 4 is 14.0 Å². The average Bonchev–Trinajstić information content (AvgIpc) is 1.61. The van der Waals surface area contributed by atoms with Crippen LogP contribution in [-0.2, 0) is 9.45 Å². The minimum absolute atomic E-state index is 0.316. The fraction of sp³-hybridized carbons (Fsp3) is 0.667. The third kappa shape index (κ3) is 5.49. The first-order chi connectivity index (χ1) is 3.27. The molecule has 0 aliphatic heterocycles. The summed E-state index contributed by atoms with van der Waals surface area (Å²) in [4.78, 5) is 9.90. The Labute approximate surface area is 43.3 Å². The Bertz CT molecular complexity index is 66.0. The highest BCUT2D eigenvalue weighted by Crippen LogP contribution is 1.73. The molecule has 40 valence electrons. The van der Waals surface area contributed by atoms with Gasteiger partial charge in [0, 0.05) is 13.0 Å². The van der Waals surface area contributed by atoms with Crippen molar-refractivity contribution in [2.24, 2.45) is 5.73 Å². The van der Waals surface area contributed by atoms with E-state index in [4.69, 9.17) is 5.73 Å². The Hall–Kier alpha value is -0.505. The lowest BCUT2D eigenvalue weighted by atomic mass is 10.4. The van der Waals surface area contributed by atoms with Crippen molar-refractivity contribution in [1.29, 1.82) is 0 Å². The van der Waals surface area contributed by atoms with Gasteiger partial charge in [-0.2, -0.15) is 0 Å². The molecular weight excluding hydrogens is 92.8 g/mol. The van der Waals surface area contributed by atoms with Crippen LogP contribution in [-0.4, -0.2) is 20.6 Å². The molecule has 0 fully saturated rings. The van der Waals surface area contributed by atoms with Crippen LogP contribution in [0.1, 0.15) is 6.42 Å². The van der Waals surface area contributed by atoms with Crippen LogP contribution in [0.4, 0.5) is 0 Å². The topological polar surface area (TPSA) is 52.3 Å². The Morgan fingerprint density at radius 2 is 2.43 bits per heavy atom. The van der Waals surface area contributed by atoms with E-state index in [1.165, 1.54) is 8.05 Å². The summed E-state index contributed by atoms with van der Waals surface area (Å²) in [6, 6.07) is 0. The van der Waals surface area contributed by atoms with Crippen molar-refractivity contribution in [1.82, 2.24) is 0 Å². The minimum atomic E-state index is -0.318. The van der Waals surface area contributed by atoms with Gasteiger partial charge >= 0.3 is 0 Å². The summed E-state index contributed by atoms with van der Waals surface area (Å²) in [6.07, 6.45) is 0.316. The van der Waals surface area contributed by atoms with Crippen molar-refractivity contribution in [3.8, 4) is 0 Å². The highest BCUT2D eigenvalue weighted by atomic mass is 16.4. The van der Waals surface area contributed by atoms with Crippen LogP contribution in [0.2, 0.25) is 0 Å². The van der Waals surface area contributed by atoms with Gasteiger partial charge in [0.15, 0.2) is 0 Å². The molecule has 0 aromatic heterocycles. The largest absolute Gasteiger partial charge is 0.443 e. The summed E-state index contributed by atoms with van der Waals surface area (Å²) in [5.74, 6) is -0.318. The zero-order valence-corrected chi connectivity index (χ0v) is 4.31. The summed E-state index contributed by atoms with van der Waals surface area (Å²) < 4.78 is 4.55. The number of hydrogen-bond acceptors (Lipinski definition) is 2. The molecule has 1 amide bonds. The van der Waals surface area contributed by atoms with E-state index in [-0.39, 0.29) is 5.91 Å². The number of rotatable bonds is 3. The second kappa shape index (κ2) is 3.68. The highest BCUT2D eigenvalue weighted by Gasteiger charge is 1.88. The van der Waals surface area contributed by atoms with Crippen LogP contribution < -0.4 is 5.73 Å². The first-order valence-corrected chi connectivity index (χ1v) is 2.04. The maximum absolute atomic E-state index is 9.90. The molecule has 0 saturated carbocycles. The second-order valence-corrected chi connectivity index (χ2v) is 1.21. The maximum atomic E-state index is 9.90. The number of amides is 1. The van der Waals surface area contributed by atoms with Gasteiger partial charge in [-0.05, 0) is 0 Å². The molecule has 0 rings (SSSR count). The van der Waals surface area contributed by atoms with Crippen molar-refractivity contribution in [3.63, 3.8) is 0 Å². The third-order valence-electron chi connectivity index (χ3n) is 0.553. The Kier molecular flexibility index (Phi) is 3.41. The highest BCUT2D eigenvalue weighted by molar-refractivity contribution is 5.98. The van der Waals surface area contributed by atoms with Gasteiger partial charge < -0.3 is 10.4 Å². The molecule has 0 spiro atoms. The first kappa shape index (κ1) is 6.49. The molecule has 0 bridgehead atoms. The molecule has 0 aromatic carbocycles. The molecule has 0 aliphatic rings. The molecule has 7 heavy (non-hydrogen) atoms. The molecular formula is C3H8BNO2. The Morgan fingerprint density at radius 1 is 1.86 bits per heavy atom. The van der Waals surface area contributed by atoms with Crippen LogP contribution in [0, 0.1) is 0 Å². The fourth-order valence-corrected chi connectivity index (χ4v) is 0.203. The van der Waals surface area contributed by atoms with Gasteiger partial charge in [-0.15, -0.1) is 0 Å². The van der Waals surface area contributed by atoms with E-state index in [1.807, 2.05) is 0 Å². The molecule has 4 heteroatoms. The first-order valence-electron chi connectivity index (χ1n) is 2.04. The van der Waals surface area contributed by atoms with E-state index in [9.17, 15) is 4.79 Å². The van der Waals surface area contributed by atoms with Gasteiger partial charge in [0.25, 0.3) is 8.05 Å². The van der Waals surface area contributed by atoms with Crippen molar-refractivity contribution in [3.05, 3.63) is 0 Å². The molecule has 3 nitrogen and oxygen atoms in total.